The summed E-state index contributed by atoms with van der Waals surface area (Å²) in [5.41, 5.74) is 0.954. The quantitative estimate of drug-likeness (QED) is 0.347. The van der Waals surface area contributed by atoms with E-state index in [1.54, 1.807) is 6.07 Å². The molecule has 0 atom stereocenters. The molecule has 0 bridgehead atoms. The number of benzene rings is 2. The van der Waals surface area contributed by atoms with Gasteiger partial charge in [0, 0.05) is 35.8 Å². The van der Waals surface area contributed by atoms with Crippen molar-refractivity contribution in [1.82, 2.24) is 10.3 Å². The number of non-ortho nitro benzene ring substituents is 1. The number of rotatable bonds is 5. The molecule has 162 valence electrons. The predicted molar refractivity (Wildman–Crippen MR) is 112 cm³/mol. The van der Waals surface area contributed by atoms with Gasteiger partial charge in [0.25, 0.3) is 5.69 Å². The molecule has 1 aliphatic heterocycles. The molecule has 12 heteroatoms. The highest BCUT2D eigenvalue weighted by Gasteiger charge is 2.20. The first kappa shape index (κ1) is 20.5. The average Bonchev–Trinajstić information content (AvgIpc) is 2.76. The summed E-state index contributed by atoms with van der Waals surface area (Å²) in [6, 6.07) is 9.62. The molecule has 11 nitrogen and oxygen atoms in total. The Morgan fingerprint density at radius 3 is 2.53 bits per heavy atom. The van der Waals surface area contributed by atoms with Gasteiger partial charge < -0.3 is 20.7 Å². The largest absolute Gasteiger partial charge is 0.454 e. The SMILES string of the molecule is O=C(Nc1ccc([N+](=O)[O-])cc1)Nc1ccc(Oc2ccnc3c2CNC(=O)N3)c(F)c1. The van der Waals surface area contributed by atoms with Crippen LogP contribution in [-0.2, 0) is 6.54 Å². The molecule has 0 unspecified atom stereocenters. The number of pyridine rings is 1. The van der Waals surface area contributed by atoms with Crippen LogP contribution in [0.1, 0.15) is 5.56 Å². The Morgan fingerprint density at radius 2 is 1.81 bits per heavy atom. The van der Waals surface area contributed by atoms with Crippen molar-refractivity contribution in [3.63, 3.8) is 0 Å². The molecule has 2 aromatic carbocycles. The molecule has 0 fully saturated rings. The predicted octanol–water partition coefficient (Wildman–Crippen LogP) is 4.20. The van der Waals surface area contributed by atoms with E-state index >= 15 is 0 Å². The molecule has 32 heavy (non-hydrogen) atoms. The van der Waals surface area contributed by atoms with E-state index in [2.05, 4.69) is 26.3 Å². The molecule has 3 aromatic rings. The Balaban J connectivity index is 1.42. The first-order chi connectivity index (χ1) is 15.4. The second-order valence-corrected chi connectivity index (χ2v) is 6.57. The number of ether oxygens (including phenoxy) is 1. The number of hydrogen-bond donors (Lipinski definition) is 4. The van der Waals surface area contributed by atoms with Gasteiger partial charge in [-0.25, -0.2) is 19.0 Å². The third kappa shape index (κ3) is 4.53. The van der Waals surface area contributed by atoms with Crippen molar-refractivity contribution in [1.29, 1.82) is 0 Å². The number of aromatic nitrogens is 1. The third-order valence-electron chi connectivity index (χ3n) is 4.42. The molecule has 2 heterocycles. The summed E-state index contributed by atoms with van der Waals surface area (Å²) >= 11 is 0. The Bertz CT molecular complexity index is 1220. The van der Waals surface area contributed by atoms with Gasteiger partial charge in [-0.05, 0) is 30.3 Å². The lowest BCUT2D eigenvalue weighted by molar-refractivity contribution is -0.384. The van der Waals surface area contributed by atoms with Crippen molar-refractivity contribution >= 4 is 34.9 Å². The lowest BCUT2D eigenvalue weighted by atomic mass is 10.2. The van der Waals surface area contributed by atoms with Gasteiger partial charge in [-0.15, -0.1) is 0 Å². The summed E-state index contributed by atoms with van der Waals surface area (Å²) in [6.45, 7) is 0.175. The molecule has 0 saturated heterocycles. The first-order valence-corrected chi connectivity index (χ1v) is 9.21. The molecule has 0 saturated carbocycles. The molecule has 0 spiro atoms. The fourth-order valence-electron chi connectivity index (χ4n) is 2.91. The normalized spacial score (nSPS) is 12.1. The van der Waals surface area contributed by atoms with E-state index in [1.165, 1.54) is 42.6 Å². The fraction of sp³-hybridized carbons (Fsp3) is 0.0500. The number of anilines is 3. The van der Waals surface area contributed by atoms with Crippen LogP contribution in [0.15, 0.2) is 54.7 Å². The first-order valence-electron chi connectivity index (χ1n) is 9.21. The van der Waals surface area contributed by atoms with Crippen LogP contribution in [0.25, 0.3) is 0 Å². The number of halogens is 1. The molecule has 4 amide bonds. The number of amides is 4. The van der Waals surface area contributed by atoms with E-state index in [9.17, 15) is 24.1 Å². The second-order valence-electron chi connectivity index (χ2n) is 6.57. The third-order valence-corrected chi connectivity index (χ3v) is 4.42. The number of fused-ring (bicyclic) bond motifs is 1. The van der Waals surface area contributed by atoms with Gasteiger partial charge in [0.15, 0.2) is 11.6 Å². The molecule has 4 rings (SSSR count). The highest BCUT2D eigenvalue weighted by Crippen LogP contribution is 2.32. The van der Waals surface area contributed by atoms with Crippen molar-refractivity contribution in [3.05, 3.63) is 76.2 Å². The minimum atomic E-state index is -0.725. The van der Waals surface area contributed by atoms with E-state index in [0.717, 1.165) is 6.07 Å². The minimum Gasteiger partial charge on any atom is -0.454 e. The van der Waals surface area contributed by atoms with Crippen LogP contribution in [0.2, 0.25) is 0 Å². The van der Waals surface area contributed by atoms with Crippen LogP contribution in [0, 0.1) is 15.9 Å². The van der Waals surface area contributed by atoms with E-state index < -0.39 is 22.8 Å². The maximum absolute atomic E-state index is 14.6. The highest BCUT2D eigenvalue weighted by molar-refractivity contribution is 5.99. The second kappa shape index (κ2) is 8.55. The number of nitrogens with one attached hydrogen (secondary N) is 4. The summed E-state index contributed by atoms with van der Waals surface area (Å²) in [7, 11) is 0. The Labute approximate surface area is 179 Å². The lowest BCUT2D eigenvalue weighted by Crippen LogP contribution is -2.34. The molecule has 0 radical (unpaired) electrons. The maximum atomic E-state index is 14.6. The zero-order valence-corrected chi connectivity index (χ0v) is 16.2. The molecular weight excluding hydrogens is 423 g/mol. The Morgan fingerprint density at radius 1 is 1.09 bits per heavy atom. The van der Waals surface area contributed by atoms with Crippen LogP contribution in [0.4, 0.5) is 36.9 Å². The van der Waals surface area contributed by atoms with Crippen LogP contribution in [-0.4, -0.2) is 22.0 Å². The summed E-state index contributed by atoms with van der Waals surface area (Å²) in [5, 5.41) is 20.8. The number of nitro benzene ring substituents is 1. The van der Waals surface area contributed by atoms with Gasteiger partial charge in [0.2, 0.25) is 0 Å². The Hall–Kier alpha value is -4.74. The number of hydrogen-bond acceptors (Lipinski definition) is 6. The van der Waals surface area contributed by atoms with Crippen LogP contribution < -0.4 is 26.0 Å². The van der Waals surface area contributed by atoms with Crippen molar-refractivity contribution in [2.75, 3.05) is 16.0 Å². The van der Waals surface area contributed by atoms with E-state index in [-0.39, 0.29) is 23.7 Å². The van der Waals surface area contributed by atoms with Gasteiger partial charge in [0.1, 0.15) is 11.6 Å². The number of nitrogens with zero attached hydrogens (tertiary/aromatic N) is 2. The van der Waals surface area contributed by atoms with Gasteiger partial charge in [0.05, 0.1) is 17.0 Å². The molecule has 0 aliphatic carbocycles. The summed E-state index contributed by atoms with van der Waals surface area (Å²) in [4.78, 5) is 37.7. The van der Waals surface area contributed by atoms with Crippen molar-refractivity contribution in [2.45, 2.75) is 6.54 Å². The van der Waals surface area contributed by atoms with E-state index in [0.29, 0.717) is 22.8 Å². The smallest absolute Gasteiger partial charge is 0.323 e. The van der Waals surface area contributed by atoms with Crippen LogP contribution >= 0.6 is 0 Å². The summed E-state index contributed by atoms with van der Waals surface area (Å²) in [5.74, 6) is -0.168. The van der Waals surface area contributed by atoms with E-state index in [4.69, 9.17) is 4.74 Å². The van der Waals surface area contributed by atoms with Crippen LogP contribution in [0.3, 0.4) is 0 Å². The topological polar surface area (TPSA) is 148 Å². The standard InChI is InChI=1S/C20H15FN6O5/c21-15-9-12(25-20(29)24-11-1-4-13(5-2-11)27(30)31)3-6-17(15)32-16-7-8-22-18-14(16)10-23-19(28)26-18/h1-9H,10H2,(H2,24,25,29)(H2,22,23,26,28). The summed E-state index contributed by atoms with van der Waals surface area (Å²) < 4.78 is 20.2. The van der Waals surface area contributed by atoms with Gasteiger partial charge in [-0.3, -0.25) is 15.4 Å². The molecule has 1 aromatic heterocycles. The molecule has 4 N–H and O–H groups in total. The van der Waals surface area contributed by atoms with E-state index in [1.807, 2.05) is 0 Å². The summed E-state index contributed by atoms with van der Waals surface area (Å²) in [6.07, 6.45) is 1.43. The number of nitro groups is 1. The number of carbonyl (C=O) groups excluding carboxylic acids is 2. The zero-order valence-electron chi connectivity index (χ0n) is 16.2. The van der Waals surface area contributed by atoms with Crippen molar-refractivity contribution in [3.8, 4) is 11.5 Å². The Kier molecular flexibility index (Phi) is 5.49. The fourth-order valence-corrected chi connectivity index (χ4v) is 2.91. The van der Waals surface area contributed by atoms with Gasteiger partial charge >= 0.3 is 12.1 Å². The maximum Gasteiger partial charge on any atom is 0.323 e. The number of urea groups is 2. The lowest BCUT2D eigenvalue weighted by Gasteiger charge is -2.20. The van der Waals surface area contributed by atoms with Gasteiger partial charge in [-0.2, -0.15) is 0 Å². The molecular formula is C20H15FN6O5. The van der Waals surface area contributed by atoms with Crippen molar-refractivity contribution < 1.29 is 23.6 Å². The van der Waals surface area contributed by atoms with Crippen molar-refractivity contribution in [2.24, 2.45) is 0 Å². The average molecular weight is 438 g/mol. The molecule has 1 aliphatic rings. The van der Waals surface area contributed by atoms with Gasteiger partial charge in [-0.1, -0.05) is 0 Å². The zero-order chi connectivity index (χ0) is 22.7. The minimum absolute atomic E-state index is 0.0865. The highest BCUT2D eigenvalue weighted by atomic mass is 19.1. The number of carbonyl (C=O) groups is 2. The monoisotopic (exact) mass is 438 g/mol. The van der Waals surface area contributed by atoms with Crippen LogP contribution in [0.5, 0.6) is 11.5 Å².